The van der Waals surface area contributed by atoms with E-state index in [1.807, 2.05) is 32.7 Å². The maximum Gasteiger partial charge on any atom is 0.323 e. The molecule has 4 atom stereocenters. The number of morpholine rings is 1. The van der Waals surface area contributed by atoms with E-state index in [0.29, 0.717) is 13.0 Å². The second-order valence-corrected chi connectivity index (χ2v) is 8.06. The molecule has 0 aromatic rings. The van der Waals surface area contributed by atoms with E-state index < -0.39 is 5.60 Å². The van der Waals surface area contributed by atoms with Crippen molar-refractivity contribution in [2.24, 2.45) is 5.92 Å². The topological polar surface area (TPSA) is 67.9 Å². The predicted octanol–water partition coefficient (Wildman–Crippen LogP) is 1.25. The average Bonchev–Trinajstić information content (AvgIpc) is 2.69. The Morgan fingerprint density at radius 3 is 2.92 bits per heavy atom. The van der Waals surface area contributed by atoms with Crippen LogP contribution in [0, 0.1) is 5.92 Å². The van der Waals surface area contributed by atoms with Gasteiger partial charge in [-0.05, 0) is 52.5 Å². The van der Waals surface area contributed by atoms with Gasteiger partial charge >= 0.3 is 5.97 Å². The molecule has 2 heterocycles. The lowest BCUT2D eigenvalue weighted by molar-refractivity contribution is -0.173. The highest BCUT2D eigenvalue weighted by molar-refractivity contribution is 5.79. The Kier molecular flexibility index (Phi) is 4.47. The van der Waals surface area contributed by atoms with E-state index >= 15 is 0 Å². The van der Waals surface area contributed by atoms with Crippen molar-refractivity contribution in [2.45, 2.75) is 63.3 Å². The fourth-order valence-corrected chi connectivity index (χ4v) is 4.31. The molecule has 0 saturated carbocycles. The molecule has 1 amide bonds. The highest BCUT2D eigenvalue weighted by Crippen LogP contribution is 2.44. The molecule has 24 heavy (non-hydrogen) atoms. The Bertz CT molecular complexity index is 554. The molecule has 1 spiro atoms. The van der Waals surface area contributed by atoms with Gasteiger partial charge in [-0.15, -0.1) is 0 Å². The highest BCUT2D eigenvalue weighted by atomic mass is 16.6. The quantitative estimate of drug-likeness (QED) is 0.577. The van der Waals surface area contributed by atoms with Crippen LogP contribution in [0.5, 0.6) is 0 Å². The Hall–Kier alpha value is -1.40. The number of carbonyl (C=O) groups is 2. The van der Waals surface area contributed by atoms with Crippen LogP contribution < -0.4 is 5.32 Å². The molecule has 0 radical (unpaired) electrons. The van der Waals surface area contributed by atoms with Crippen LogP contribution in [0.1, 0.15) is 40.0 Å². The number of rotatable bonds is 1. The molecule has 3 rings (SSSR count). The molecule has 1 aliphatic carbocycles. The van der Waals surface area contributed by atoms with E-state index in [4.69, 9.17) is 9.47 Å². The van der Waals surface area contributed by atoms with E-state index in [9.17, 15) is 9.59 Å². The zero-order chi connectivity index (χ0) is 17.5. The molecule has 0 aromatic heterocycles. The lowest BCUT2D eigenvalue weighted by atomic mass is 9.68. The summed E-state index contributed by atoms with van der Waals surface area (Å²) in [7, 11) is 1.87. The number of hydrogen-bond acceptors (Lipinski definition) is 5. The zero-order valence-electron chi connectivity index (χ0n) is 15.0. The molecule has 0 bridgehead atoms. The minimum Gasteiger partial charge on any atom is -0.459 e. The number of hydrogen-bond donors (Lipinski definition) is 1. The maximum atomic E-state index is 12.5. The van der Waals surface area contributed by atoms with Gasteiger partial charge in [-0.25, -0.2) is 0 Å². The van der Waals surface area contributed by atoms with Crippen LogP contribution in [0.25, 0.3) is 0 Å². The molecule has 6 nitrogen and oxygen atoms in total. The molecule has 0 aromatic carbocycles. The second kappa shape index (κ2) is 6.15. The fraction of sp³-hybridized carbons (Fsp3) is 0.778. The Morgan fingerprint density at radius 1 is 1.46 bits per heavy atom. The largest absolute Gasteiger partial charge is 0.459 e. The molecule has 6 heteroatoms. The van der Waals surface area contributed by atoms with Gasteiger partial charge in [-0.2, -0.15) is 0 Å². The third-order valence-electron chi connectivity index (χ3n) is 5.44. The second-order valence-electron chi connectivity index (χ2n) is 8.06. The summed E-state index contributed by atoms with van der Waals surface area (Å²) >= 11 is 0. The first-order valence-electron chi connectivity index (χ1n) is 8.75. The van der Waals surface area contributed by atoms with E-state index in [0.717, 1.165) is 12.8 Å². The van der Waals surface area contributed by atoms with Gasteiger partial charge in [0.2, 0.25) is 5.91 Å². The van der Waals surface area contributed by atoms with Crippen LogP contribution in [-0.4, -0.2) is 60.3 Å². The van der Waals surface area contributed by atoms with E-state index in [-0.39, 0.29) is 42.1 Å². The summed E-state index contributed by atoms with van der Waals surface area (Å²) < 4.78 is 11.4. The lowest BCUT2D eigenvalue weighted by Gasteiger charge is -2.54. The number of carbonyl (C=O) groups excluding carboxylic acids is 2. The molecule has 2 aliphatic heterocycles. The van der Waals surface area contributed by atoms with Gasteiger partial charge in [0.05, 0.1) is 11.6 Å². The minimum absolute atomic E-state index is 0.0160. The number of nitrogens with one attached hydrogen (secondary N) is 1. The Morgan fingerprint density at radius 2 is 2.21 bits per heavy atom. The molecule has 3 aliphatic rings. The normalized spacial score (nSPS) is 36.6. The van der Waals surface area contributed by atoms with Crippen molar-refractivity contribution in [3.63, 3.8) is 0 Å². The standard InChI is InChI=1S/C18H28N2O4/c1-17(2,3)24-16(22)13-10-12-6-5-7-14-18(12,8-9-19-13)20(4)15(21)11-23-14/h5,7,12-14,19H,6,8-11H2,1-4H3. The Balaban J connectivity index is 1.85. The average molecular weight is 336 g/mol. The van der Waals surface area contributed by atoms with E-state index in [1.165, 1.54) is 0 Å². The van der Waals surface area contributed by atoms with Gasteiger partial charge in [-0.3, -0.25) is 9.59 Å². The van der Waals surface area contributed by atoms with E-state index in [1.54, 1.807) is 0 Å². The molecule has 2 fully saturated rings. The predicted molar refractivity (Wildman–Crippen MR) is 89.4 cm³/mol. The summed E-state index contributed by atoms with van der Waals surface area (Å²) in [5, 5.41) is 3.33. The fourth-order valence-electron chi connectivity index (χ4n) is 4.31. The van der Waals surface area contributed by atoms with Crippen LogP contribution in [-0.2, 0) is 19.1 Å². The van der Waals surface area contributed by atoms with Crippen LogP contribution in [0.15, 0.2) is 12.2 Å². The van der Waals surface area contributed by atoms with Crippen molar-refractivity contribution < 1.29 is 19.1 Å². The summed E-state index contributed by atoms with van der Waals surface area (Å²) in [4.78, 5) is 26.7. The lowest BCUT2D eigenvalue weighted by Crippen LogP contribution is -2.67. The summed E-state index contributed by atoms with van der Waals surface area (Å²) in [6.07, 6.45) is 6.36. The molecular formula is C18H28N2O4. The highest BCUT2D eigenvalue weighted by Gasteiger charge is 2.55. The molecule has 1 N–H and O–H groups in total. The van der Waals surface area contributed by atoms with E-state index in [2.05, 4.69) is 17.5 Å². The maximum absolute atomic E-state index is 12.5. The molecule has 134 valence electrons. The van der Waals surface area contributed by atoms with Crippen LogP contribution in [0.4, 0.5) is 0 Å². The molecular weight excluding hydrogens is 308 g/mol. The van der Waals surface area contributed by atoms with Gasteiger partial charge < -0.3 is 19.7 Å². The SMILES string of the molecule is CN1C(=O)COC2C=CCC3CC(C(=O)OC(C)(C)C)NCCC321. The third kappa shape index (κ3) is 2.97. The molecule has 2 saturated heterocycles. The smallest absolute Gasteiger partial charge is 0.323 e. The van der Waals surface area contributed by atoms with Crippen LogP contribution >= 0.6 is 0 Å². The minimum atomic E-state index is -0.502. The first-order valence-corrected chi connectivity index (χ1v) is 8.75. The van der Waals surface area contributed by atoms with Crippen molar-refractivity contribution in [1.29, 1.82) is 0 Å². The summed E-state index contributed by atoms with van der Waals surface area (Å²) in [6.45, 7) is 6.42. The van der Waals surface area contributed by atoms with Gasteiger partial charge in [0.25, 0.3) is 0 Å². The number of amides is 1. The van der Waals surface area contributed by atoms with Crippen LogP contribution in [0.2, 0.25) is 0 Å². The summed E-state index contributed by atoms with van der Waals surface area (Å²) in [5.74, 6) is -0.0205. The summed E-state index contributed by atoms with van der Waals surface area (Å²) in [5.41, 5.74) is -0.869. The molecule has 4 unspecified atom stereocenters. The first kappa shape index (κ1) is 17.4. The first-order chi connectivity index (χ1) is 11.2. The Labute approximate surface area is 143 Å². The van der Waals surface area contributed by atoms with Gasteiger partial charge in [-0.1, -0.05) is 12.2 Å². The zero-order valence-corrected chi connectivity index (χ0v) is 15.0. The van der Waals surface area contributed by atoms with Crippen molar-refractivity contribution in [1.82, 2.24) is 10.2 Å². The van der Waals surface area contributed by atoms with Crippen molar-refractivity contribution in [3.8, 4) is 0 Å². The van der Waals surface area contributed by atoms with Gasteiger partial charge in [0, 0.05) is 7.05 Å². The number of esters is 1. The van der Waals surface area contributed by atoms with Crippen LogP contribution in [0.3, 0.4) is 0 Å². The number of likely N-dealkylation sites (N-methyl/N-ethyl adjacent to an activating group) is 1. The number of allylic oxidation sites excluding steroid dienone is 1. The van der Waals surface area contributed by atoms with Gasteiger partial charge in [0.1, 0.15) is 18.2 Å². The number of ether oxygens (including phenoxy) is 2. The van der Waals surface area contributed by atoms with Gasteiger partial charge in [0.15, 0.2) is 0 Å². The number of nitrogens with zero attached hydrogens (tertiary/aromatic N) is 1. The van der Waals surface area contributed by atoms with Crippen molar-refractivity contribution in [3.05, 3.63) is 12.2 Å². The monoisotopic (exact) mass is 336 g/mol. The van der Waals surface area contributed by atoms with Crippen molar-refractivity contribution in [2.75, 3.05) is 20.2 Å². The summed E-state index contributed by atoms with van der Waals surface area (Å²) in [6, 6.07) is -0.342. The third-order valence-corrected chi connectivity index (χ3v) is 5.44. The van der Waals surface area contributed by atoms with Crippen molar-refractivity contribution >= 4 is 11.9 Å².